The number of nitrogens with zero attached hydrogens (tertiary/aromatic N) is 3. The van der Waals surface area contributed by atoms with E-state index in [1.807, 2.05) is 0 Å². The number of carbonyl (C=O) groups is 2. The molecular weight excluding hydrogens is 427 g/mol. The first-order valence-electron chi connectivity index (χ1n) is 10.6. The highest BCUT2D eigenvalue weighted by molar-refractivity contribution is 5.82. The van der Waals surface area contributed by atoms with Crippen LogP contribution in [0, 0.1) is 5.92 Å². The molecule has 0 aromatic carbocycles. The first-order chi connectivity index (χ1) is 14.6. The lowest BCUT2D eigenvalue weighted by atomic mass is 10.1. The number of esters is 1. The number of amides is 1. The van der Waals surface area contributed by atoms with Crippen LogP contribution in [0.5, 0.6) is 0 Å². The number of pyridine rings is 1. The summed E-state index contributed by atoms with van der Waals surface area (Å²) in [5.74, 6) is -1.49. The zero-order valence-corrected chi connectivity index (χ0v) is 19.6. The molecule has 10 heteroatoms. The molecule has 182 valence electrons. The highest BCUT2D eigenvalue weighted by atomic mass is 19.4. The quantitative estimate of drug-likeness (QED) is 0.530. The summed E-state index contributed by atoms with van der Waals surface area (Å²) in [6.07, 6.45) is -3.56. The molecule has 32 heavy (non-hydrogen) atoms. The lowest BCUT2D eigenvalue weighted by molar-refractivity contribution is -0.195. The van der Waals surface area contributed by atoms with Gasteiger partial charge in [0, 0.05) is 52.1 Å². The minimum Gasteiger partial charge on any atom is -0.434 e. The van der Waals surface area contributed by atoms with Gasteiger partial charge in [-0.05, 0) is 25.0 Å². The molecule has 0 saturated carbocycles. The fourth-order valence-electron chi connectivity index (χ4n) is 2.99. The molecule has 0 aliphatic carbocycles. The number of piperazine rings is 1. The van der Waals surface area contributed by atoms with E-state index in [9.17, 15) is 27.9 Å². The van der Waals surface area contributed by atoms with Crippen LogP contribution in [0.25, 0.3) is 0 Å². The fourth-order valence-corrected chi connectivity index (χ4v) is 2.99. The number of hydrogen-bond donors (Lipinski definition) is 1. The average Bonchev–Trinajstić information content (AvgIpc) is 2.63. The highest BCUT2D eigenvalue weighted by Gasteiger charge is 2.33. The van der Waals surface area contributed by atoms with Gasteiger partial charge in [-0.15, -0.1) is 0 Å². The Balaban J connectivity index is 0.00000118. The third-order valence-electron chi connectivity index (χ3n) is 4.25. The van der Waals surface area contributed by atoms with E-state index in [-0.39, 0.29) is 30.6 Å². The molecule has 0 bridgehead atoms. The number of anilines is 1. The van der Waals surface area contributed by atoms with E-state index in [1.54, 1.807) is 16.7 Å². The van der Waals surface area contributed by atoms with E-state index in [1.165, 1.54) is 13.8 Å². The van der Waals surface area contributed by atoms with Crippen molar-refractivity contribution in [2.45, 2.75) is 72.4 Å². The SMILES string of the molecule is CC(C)C.C[C@@H]1CN(c2cc(C(F)(F)F)ccn2)CCN1C(=O)CCC(=O)OC(C)(C)O. The fraction of sp³-hybridized carbons (Fsp3) is 0.682. The number of halogens is 3. The number of hydrogen-bond acceptors (Lipinski definition) is 6. The molecule has 0 radical (unpaired) electrons. The smallest absolute Gasteiger partial charge is 0.416 e. The second-order valence-electron chi connectivity index (χ2n) is 8.94. The summed E-state index contributed by atoms with van der Waals surface area (Å²) >= 11 is 0. The van der Waals surface area contributed by atoms with Gasteiger partial charge in [0.15, 0.2) is 0 Å². The number of ether oxygens (including phenoxy) is 1. The van der Waals surface area contributed by atoms with Crippen molar-refractivity contribution in [2.75, 3.05) is 24.5 Å². The van der Waals surface area contributed by atoms with Crippen LogP contribution in [0.15, 0.2) is 18.3 Å². The van der Waals surface area contributed by atoms with E-state index in [0.29, 0.717) is 19.6 Å². The second-order valence-corrected chi connectivity index (χ2v) is 8.94. The van der Waals surface area contributed by atoms with Crippen molar-refractivity contribution < 1.29 is 32.6 Å². The molecule has 1 amide bonds. The standard InChI is InChI=1S/C18H24F3N3O4.C4H10/c1-12-11-23(14-10-13(6-7-22-14)18(19,20)21)8-9-24(12)15(25)4-5-16(26)28-17(2,3)27;1-4(2)3/h6-7,10,12,27H,4-5,8-9,11H2,1-3H3;4H,1-3H3/t12-;/m1./s1. The zero-order valence-electron chi connectivity index (χ0n) is 19.6. The van der Waals surface area contributed by atoms with Crippen LogP contribution in [0.4, 0.5) is 19.0 Å². The van der Waals surface area contributed by atoms with Gasteiger partial charge in [0.25, 0.3) is 0 Å². The molecule has 1 N–H and O–H groups in total. The van der Waals surface area contributed by atoms with Crippen molar-refractivity contribution in [2.24, 2.45) is 5.92 Å². The van der Waals surface area contributed by atoms with Gasteiger partial charge in [0.05, 0.1) is 12.0 Å². The number of alkyl halides is 3. The molecule has 1 fully saturated rings. The lowest BCUT2D eigenvalue weighted by Crippen LogP contribution is -2.54. The molecule has 2 heterocycles. The van der Waals surface area contributed by atoms with Crippen molar-refractivity contribution >= 4 is 17.7 Å². The second kappa shape index (κ2) is 11.5. The van der Waals surface area contributed by atoms with Crippen LogP contribution in [-0.4, -0.2) is 58.3 Å². The number of carbonyl (C=O) groups excluding carboxylic acids is 2. The Bertz CT molecular complexity index is 761. The minimum atomic E-state index is -4.45. The Morgan fingerprint density at radius 2 is 1.81 bits per heavy atom. The molecule has 1 aliphatic rings. The summed E-state index contributed by atoms with van der Waals surface area (Å²) < 4.78 is 43.4. The Hall–Kier alpha value is -2.36. The maximum absolute atomic E-state index is 12.9. The lowest BCUT2D eigenvalue weighted by Gasteiger charge is -2.40. The van der Waals surface area contributed by atoms with Crippen molar-refractivity contribution in [1.82, 2.24) is 9.88 Å². The van der Waals surface area contributed by atoms with Crippen LogP contribution >= 0.6 is 0 Å². The average molecular weight is 462 g/mol. The summed E-state index contributed by atoms with van der Waals surface area (Å²) in [7, 11) is 0. The van der Waals surface area contributed by atoms with Crippen LogP contribution in [0.2, 0.25) is 0 Å². The number of rotatable bonds is 5. The Kier molecular flexibility index (Phi) is 9.94. The maximum atomic E-state index is 12.9. The van der Waals surface area contributed by atoms with Gasteiger partial charge in [-0.2, -0.15) is 13.2 Å². The Morgan fingerprint density at radius 3 is 2.31 bits per heavy atom. The first kappa shape index (κ1) is 27.7. The van der Waals surface area contributed by atoms with Crippen LogP contribution in [-0.2, 0) is 20.5 Å². The van der Waals surface area contributed by atoms with E-state index in [2.05, 4.69) is 25.8 Å². The van der Waals surface area contributed by atoms with Gasteiger partial charge in [0.2, 0.25) is 11.7 Å². The van der Waals surface area contributed by atoms with Gasteiger partial charge in [-0.1, -0.05) is 20.8 Å². The maximum Gasteiger partial charge on any atom is 0.416 e. The monoisotopic (exact) mass is 461 g/mol. The largest absolute Gasteiger partial charge is 0.434 e. The first-order valence-corrected chi connectivity index (χ1v) is 10.6. The predicted octanol–water partition coefficient (Wildman–Crippen LogP) is 3.85. The van der Waals surface area contributed by atoms with Gasteiger partial charge in [0.1, 0.15) is 5.82 Å². The van der Waals surface area contributed by atoms with Crippen LogP contribution in [0.3, 0.4) is 0 Å². The molecule has 0 unspecified atom stereocenters. The highest BCUT2D eigenvalue weighted by Crippen LogP contribution is 2.31. The van der Waals surface area contributed by atoms with Crippen LogP contribution < -0.4 is 4.90 Å². The molecule has 7 nitrogen and oxygen atoms in total. The number of aliphatic hydroxyl groups is 1. The summed E-state index contributed by atoms with van der Waals surface area (Å²) in [5.41, 5.74) is -0.769. The third kappa shape index (κ3) is 9.84. The summed E-state index contributed by atoms with van der Waals surface area (Å²) in [6.45, 7) is 11.9. The molecule has 1 aliphatic heterocycles. The molecule has 1 atom stereocenters. The van der Waals surface area contributed by atoms with E-state index >= 15 is 0 Å². The van der Waals surface area contributed by atoms with Gasteiger partial charge in [-0.3, -0.25) is 9.59 Å². The normalized spacial score (nSPS) is 17.0. The van der Waals surface area contributed by atoms with E-state index in [0.717, 1.165) is 24.2 Å². The van der Waals surface area contributed by atoms with Gasteiger partial charge >= 0.3 is 12.1 Å². The van der Waals surface area contributed by atoms with E-state index < -0.39 is 23.5 Å². The minimum absolute atomic E-state index is 0.0684. The van der Waals surface area contributed by atoms with Gasteiger partial charge in [-0.25, -0.2) is 4.98 Å². The van der Waals surface area contributed by atoms with Crippen molar-refractivity contribution in [1.29, 1.82) is 0 Å². The molecule has 1 saturated heterocycles. The predicted molar refractivity (Wildman–Crippen MR) is 115 cm³/mol. The van der Waals surface area contributed by atoms with Crippen molar-refractivity contribution in [3.05, 3.63) is 23.9 Å². The number of aromatic nitrogens is 1. The van der Waals surface area contributed by atoms with Gasteiger partial charge < -0.3 is 19.6 Å². The summed E-state index contributed by atoms with van der Waals surface area (Å²) in [6, 6.07) is 1.65. The molecule has 0 spiro atoms. The summed E-state index contributed by atoms with van der Waals surface area (Å²) in [5, 5.41) is 9.43. The van der Waals surface area contributed by atoms with Crippen molar-refractivity contribution in [3.63, 3.8) is 0 Å². The topological polar surface area (TPSA) is 83.0 Å². The molecule has 2 rings (SSSR count). The van der Waals surface area contributed by atoms with Crippen LogP contribution in [0.1, 0.15) is 59.9 Å². The zero-order chi connectivity index (χ0) is 24.7. The molecule has 1 aromatic heterocycles. The molecular formula is C22H34F3N3O4. The van der Waals surface area contributed by atoms with E-state index in [4.69, 9.17) is 4.74 Å². The molecule has 1 aromatic rings. The van der Waals surface area contributed by atoms with Crippen molar-refractivity contribution in [3.8, 4) is 0 Å². The Morgan fingerprint density at radius 1 is 1.22 bits per heavy atom. The Labute approximate surface area is 187 Å². The summed E-state index contributed by atoms with van der Waals surface area (Å²) in [4.78, 5) is 31.3. The third-order valence-corrected chi connectivity index (χ3v) is 4.25.